The Bertz CT molecular complexity index is 1060. The number of aromatic nitrogens is 3. The van der Waals surface area contributed by atoms with Crippen LogP contribution >= 0.6 is 0 Å². The number of morpholine rings is 1. The smallest absolute Gasteiger partial charge is 0.335 e. The zero-order chi connectivity index (χ0) is 20.9. The van der Waals surface area contributed by atoms with Gasteiger partial charge < -0.3 is 10.1 Å². The van der Waals surface area contributed by atoms with Gasteiger partial charge in [-0.1, -0.05) is 17.7 Å². The third kappa shape index (κ3) is 4.44. The van der Waals surface area contributed by atoms with Crippen molar-refractivity contribution in [3.05, 3.63) is 58.6 Å². The zero-order valence-corrected chi connectivity index (χ0v) is 17.2. The molecule has 0 bridgehead atoms. The Hall–Kier alpha value is -2.97. The Kier molecular flexibility index (Phi) is 6.25. The van der Waals surface area contributed by atoms with E-state index in [1.54, 1.807) is 16.8 Å². The van der Waals surface area contributed by atoms with Gasteiger partial charge in [-0.3, -0.25) is 14.3 Å². The number of benzene rings is 1. The van der Waals surface area contributed by atoms with Gasteiger partial charge in [0.1, 0.15) is 6.54 Å². The van der Waals surface area contributed by atoms with Crippen molar-refractivity contribution in [2.75, 3.05) is 39.4 Å². The standard InChI is InChI=1S/C22H27N5O3/c1-17-5-7-18(8-6-17)27-21-19(4-2-9-24-21)26(22(27)29)16-20(28)23-10-3-11-25-12-14-30-15-13-25/h2,4-9H,3,10-16H2,1H3,(H,23,28). The van der Waals surface area contributed by atoms with Crippen molar-refractivity contribution < 1.29 is 9.53 Å². The van der Waals surface area contributed by atoms with E-state index in [0.717, 1.165) is 50.5 Å². The first-order valence-electron chi connectivity index (χ1n) is 10.3. The number of nitrogens with zero attached hydrogens (tertiary/aromatic N) is 4. The van der Waals surface area contributed by atoms with Crippen LogP contribution in [0.5, 0.6) is 0 Å². The number of rotatable bonds is 7. The van der Waals surface area contributed by atoms with Gasteiger partial charge in [0.05, 0.1) is 24.4 Å². The van der Waals surface area contributed by atoms with Gasteiger partial charge in [0.25, 0.3) is 0 Å². The molecule has 3 aromatic rings. The lowest BCUT2D eigenvalue weighted by molar-refractivity contribution is -0.121. The molecule has 0 saturated carbocycles. The van der Waals surface area contributed by atoms with E-state index in [4.69, 9.17) is 4.74 Å². The van der Waals surface area contributed by atoms with Crippen molar-refractivity contribution in [1.82, 2.24) is 24.3 Å². The summed E-state index contributed by atoms with van der Waals surface area (Å²) in [6, 6.07) is 11.3. The summed E-state index contributed by atoms with van der Waals surface area (Å²) in [6.45, 7) is 6.90. The van der Waals surface area contributed by atoms with Gasteiger partial charge in [-0.15, -0.1) is 0 Å². The number of hydrogen-bond acceptors (Lipinski definition) is 5. The quantitative estimate of drug-likeness (QED) is 0.596. The van der Waals surface area contributed by atoms with E-state index in [9.17, 15) is 9.59 Å². The van der Waals surface area contributed by atoms with E-state index >= 15 is 0 Å². The molecule has 1 aromatic carbocycles. The maximum atomic E-state index is 13.1. The summed E-state index contributed by atoms with van der Waals surface area (Å²) < 4.78 is 8.39. The maximum Gasteiger partial charge on any atom is 0.335 e. The molecule has 2 aromatic heterocycles. The molecule has 1 saturated heterocycles. The first-order chi connectivity index (χ1) is 14.6. The Morgan fingerprint density at radius 2 is 1.93 bits per heavy atom. The molecular formula is C22H27N5O3. The van der Waals surface area contributed by atoms with Crippen molar-refractivity contribution in [3.63, 3.8) is 0 Å². The van der Waals surface area contributed by atoms with Crippen molar-refractivity contribution in [3.8, 4) is 5.69 Å². The molecule has 158 valence electrons. The van der Waals surface area contributed by atoms with E-state index in [1.807, 2.05) is 37.3 Å². The molecule has 0 aliphatic carbocycles. The molecular weight excluding hydrogens is 382 g/mol. The lowest BCUT2D eigenvalue weighted by Gasteiger charge is -2.26. The monoisotopic (exact) mass is 409 g/mol. The lowest BCUT2D eigenvalue weighted by Crippen LogP contribution is -2.38. The minimum Gasteiger partial charge on any atom is -0.379 e. The highest BCUT2D eigenvalue weighted by atomic mass is 16.5. The van der Waals surface area contributed by atoms with Crippen LogP contribution in [0.1, 0.15) is 12.0 Å². The topological polar surface area (TPSA) is 81.4 Å². The van der Waals surface area contributed by atoms with Crippen molar-refractivity contribution in [1.29, 1.82) is 0 Å². The molecule has 8 nitrogen and oxygen atoms in total. The molecule has 8 heteroatoms. The zero-order valence-electron chi connectivity index (χ0n) is 17.2. The molecule has 1 fully saturated rings. The molecule has 30 heavy (non-hydrogen) atoms. The molecule has 1 aliphatic heterocycles. The van der Waals surface area contributed by atoms with Crippen LogP contribution in [-0.2, 0) is 16.1 Å². The average Bonchev–Trinajstić information content (AvgIpc) is 3.04. The molecule has 0 spiro atoms. The fourth-order valence-electron chi connectivity index (χ4n) is 3.72. The van der Waals surface area contributed by atoms with Gasteiger partial charge in [0.2, 0.25) is 5.91 Å². The van der Waals surface area contributed by atoms with E-state index in [2.05, 4.69) is 15.2 Å². The van der Waals surface area contributed by atoms with Gasteiger partial charge in [0.15, 0.2) is 5.65 Å². The van der Waals surface area contributed by atoms with Crippen LogP contribution < -0.4 is 11.0 Å². The molecule has 4 rings (SSSR count). The van der Waals surface area contributed by atoms with Gasteiger partial charge in [0, 0.05) is 25.8 Å². The highest BCUT2D eigenvalue weighted by Gasteiger charge is 2.17. The van der Waals surface area contributed by atoms with E-state index in [1.165, 1.54) is 4.57 Å². The number of fused-ring (bicyclic) bond motifs is 1. The number of ether oxygens (including phenoxy) is 1. The second-order valence-corrected chi connectivity index (χ2v) is 7.54. The number of carbonyl (C=O) groups excluding carboxylic acids is 1. The summed E-state index contributed by atoms with van der Waals surface area (Å²) >= 11 is 0. The maximum absolute atomic E-state index is 13.1. The summed E-state index contributed by atoms with van der Waals surface area (Å²) in [6.07, 6.45) is 2.52. The van der Waals surface area contributed by atoms with Crippen LogP contribution in [0.2, 0.25) is 0 Å². The van der Waals surface area contributed by atoms with Gasteiger partial charge in [-0.2, -0.15) is 0 Å². The first-order valence-corrected chi connectivity index (χ1v) is 10.3. The number of aryl methyl sites for hydroxylation is 1. The van der Waals surface area contributed by atoms with Crippen LogP contribution in [0.15, 0.2) is 47.4 Å². The number of carbonyl (C=O) groups is 1. The Morgan fingerprint density at radius 1 is 1.17 bits per heavy atom. The fraction of sp³-hybridized carbons (Fsp3) is 0.409. The fourth-order valence-corrected chi connectivity index (χ4v) is 3.72. The Balaban J connectivity index is 1.46. The van der Waals surface area contributed by atoms with Gasteiger partial charge in [-0.05, 0) is 44.2 Å². The largest absolute Gasteiger partial charge is 0.379 e. The van der Waals surface area contributed by atoms with Crippen molar-refractivity contribution in [2.24, 2.45) is 0 Å². The van der Waals surface area contributed by atoms with Crippen LogP contribution in [0, 0.1) is 6.92 Å². The highest BCUT2D eigenvalue weighted by Crippen LogP contribution is 2.16. The van der Waals surface area contributed by atoms with Crippen molar-refractivity contribution >= 4 is 17.1 Å². The normalized spacial score (nSPS) is 14.8. The molecule has 0 atom stereocenters. The lowest BCUT2D eigenvalue weighted by atomic mass is 10.2. The van der Waals surface area contributed by atoms with Crippen LogP contribution in [0.4, 0.5) is 0 Å². The van der Waals surface area contributed by atoms with Crippen LogP contribution in [-0.4, -0.2) is 64.3 Å². The Labute approximate surface area is 175 Å². The molecule has 0 unspecified atom stereocenters. The summed E-state index contributed by atoms with van der Waals surface area (Å²) in [4.78, 5) is 32.4. The second kappa shape index (κ2) is 9.23. The summed E-state index contributed by atoms with van der Waals surface area (Å²) in [5.41, 5.74) is 2.77. The average molecular weight is 409 g/mol. The summed E-state index contributed by atoms with van der Waals surface area (Å²) in [5.74, 6) is -0.175. The third-order valence-electron chi connectivity index (χ3n) is 5.36. The third-order valence-corrected chi connectivity index (χ3v) is 5.36. The molecule has 3 heterocycles. The van der Waals surface area contributed by atoms with Gasteiger partial charge >= 0.3 is 5.69 Å². The first kappa shape index (κ1) is 20.3. The second-order valence-electron chi connectivity index (χ2n) is 7.54. The van der Waals surface area contributed by atoms with E-state index < -0.39 is 0 Å². The number of imidazole rings is 1. The van der Waals surface area contributed by atoms with Gasteiger partial charge in [-0.25, -0.2) is 14.3 Å². The van der Waals surface area contributed by atoms with Crippen LogP contribution in [0.25, 0.3) is 16.9 Å². The number of amides is 1. The minimum atomic E-state index is -0.268. The minimum absolute atomic E-state index is 0.0303. The van der Waals surface area contributed by atoms with Crippen LogP contribution in [0.3, 0.4) is 0 Å². The predicted octanol–water partition coefficient (Wildman–Crippen LogP) is 1.33. The molecule has 1 N–H and O–H groups in total. The van der Waals surface area contributed by atoms with E-state index in [-0.39, 0.29) is 18.1 Å². The number of pyridine rings is 1. The summed E-state index contributed by atoms with van der Waals surface area (Å²) in [7, 11) is 0. The molecule has 1 aliphatic rings. The number of hydrogen-bond donors (Lipinski definition) is 1. The Morgan fingerprint density at radius 3 is 2.70 bits per heavy atom. The number of nitrogens with one attached hydrogen (secondary N) is 1. The highest BCUT2D eigenvalue weighted by molar-refractivity contribution is 5.80. The SMILES string of the molecule is Cc1ccc(-n2c(=O)n(CC(=O)NCCCN3CCOCC3)c3cccnc32)cc1. The van der Waals surface area contributed by atoms with Crippen molar-refractivity contribution in [2.45, 2.75) is 19.9 Å². The summed E-state index contributed by atoms with van der Waals surface area (Å²) in [5, 5.41) is 2.93. The molecule has 0 radical (unpaired) electrons. The van der Waals surface area contributed by atoms with E-state index in [0.29, 0.717) is 17.7 Å². The molecule has 1 amide bonds. The predicted molar refractivity (Wildman–Crippen MR) is 115 cm³/mol.